The highest BCUT2D eigenvalue weighted by molar-refractivity contribution is 5.24. The van der Waals surface area contributed by atoms with Gasteiger partial charge >= 0.3 is 0 Å². The standard InChI is InChI=1S/C20H30O6/c1-6-7-8-9-11-21-12-10-14-16(15-13-22-19(2,3)24-15)23-18-17(14)25-20(4,5)26-18/h6-10,15-18H,11-13H2,1-5H3/b7-6+,9-8-,14-10-/t15-,16+,17-,18-/m1/s1. The summed E-state index contributed by atoms with van der Waals surface area (Å²) in [5.74, 6) is -1.27. The fourth-order valence-electron chi connectivity index (χ4n) is 3.38. The van der Waals surface area contributed by atoms with Crippen LogP contribution < -0.4 is 0 Å². The Kier molecular flexibility index (Phi) is 6.01. The van der Waals surface area contributed by atoms with Gasteiger partial charge in [0.25, 0.3) is 0 Å². The highest BCUT2D eigenvalue weighted by atomic mass is 16.8. The first kappa shape index (κ1) is 19.7. The molecule has 3 aliphatic heterocycles. The lowest BCUT2D eigenvalue weighted by Gasteiger charge is -2.25. The zero-order valence-electron chi connectivity index (χ0n) is 16.3. The summed E-state index contributed by atoms with van der Waals surface area (Å²) in [5.41, 5.74) is 1.00. The molecule has 0 aromatic rings. The number of hydrogen-bond acceptors (Lipinski definition) is 6. The molecule has 6 nitrogen and oxygen atoms in total. The first-order chi connectivity index (χ1) is 12.3. The Bertz CT molecular complexity index is 577. The molecule has 3 rings (SSSR count). The van der Waals surface area contributed by atoms with Crippen LogP contribution in [0.2, 0.25) is 0 Å². The molecule has 0 aromatic carbocycles. The topological polar surface area (TPSA) is 55.4 Å². The third-order valence-corrected chi connectivity index (χ3v) is 4.45. The van der Waals surface area contributed by atoms with Gasteiger partial charge in [-0.25, -0.2) is 0 Å². The van der Waals surface area contributed by atoms with E-state index in [0.29, 0.717) is 19.8 Å². The summed E-state index contributed by atoms with van der Waals surface area (Å²) >= 11 is 0. The van der Waals surface area contributed by atoms with Crippen molar-refractivity contribution in [2.75, 3.05) is 19.8 Å². The van der Waals surface area contributed by atoms with Crippen molar-refractivity contribution in [3.8, 4) is 0 Å². The van der Waals surface area contributed by atoms with E-state index in [-0.39, 0.29) is 18.3 Å². The highest BCUT2D eigenvalue weighted by Crippen LogP contribution is 2.43. The van der Waals surface area contributed by atoms with E-state index in [0.717, 1.165) is 5.57 Å². The van der Waals surface area contributed by atoms with Gasteiger partial charge in [-0.2, -0.15) is 0 Å². The minimum Gasteiger partial charge on any atom is -0.373 e. The average Bonchev–Trinajstić information content (AvgIpc) is 3.16. The summed E-state index contributed by atoms with van der Waals surface area (Å²) in [7, 11) is 0. The molecule has 3 saturated heterocycles. The molecule has 0 bridgehead atoms. The van der Waals surface area contributed by atoms with Crippen molar-refractivity contribution in [2.24, 2.45) is 0 Å². The third kappa shape index (κ3) is 4.63. The molecule has 3 heterocycles. The highest BCUT2D eigenvalue weighted by Gasteiger charge is 2.55. The first-order valence-electron chi connectivity index (χ1n) is 9.20. The Morgan fingerprint density at radius 2 is 1.81 bits per heavy atom. The summed E-state index contributed by atoms with van der Waals surface area (Å²) in [4.78, 5) is 0. The molecule has 0 saturated carbocycles. The van der Waals surface area contributed by atoms with Gasteiger partial charge in [0.15, 0.2) is 17.9 Å². The predicted molar refractivity (Wildman–Crippen MR) is 96.5 cm³/mol. The zero-order valence-corrected chi connectivity index (χ0v) is 16.3. The molecule has 3 aliphatic rings. The maximum absolute atomic E-state index is 6.12. The van der Waals surface area contributed by atoms with Gasteiger partial charge in [0.05, 0.1) is 19.8 Å². The maximum atomic E-state index is 6.12. The van der Waals surface area contributed by atoms with Gasteiger partial charge in [0.1, 0.15) is 18.3 Å². The predicted octanol–water partition coefficient (Wildman–Crippen LogP) is 3.09. The van der Waals surface area contributed by atoms with Crippen molar-refractivity contribution < 1.29 is 28.4 Å². The van der Waals surface area contributed by atoms with Crippen LogP contribution in [0.3, 0.4) is 0 Å². The molecule has 0 unspecified atom stereocenters. The molecule has 0 aromatic heterocycles. The van der Waals surface area contributed by atoms with E-state index in [1.807, 2.05) is 65.0 Å². The average molecular weight is 366 g/mol. The quantitative estimate of drug-likeness (QED) is 0.409. The van der Waals surface area contributed by atoms with Gasteiger partial charge in [0, 0.05) is 0 Å². The smallest absolute Gasteiger partial charge is 0.191 e. The van der Waals surface area contributed by atoms with Crippen molar-refractivity contribution in [1.82, 2.24) is 0 Å². The number of hydrogen-bond donors (Lipinski definition) is 0. The number of rotatable bonds is 6. The molecule has 0 N–H and O–H groups in total. The molecule has 6 heteroatoms. The lowest BCUT2D eigenvalue weighted by molar-refractivity contribution is -0.215. The van der Waals surface area contributed by atoms with Crippen LogP contribution in [-0.4, -0.2) is 56.0 Å². The van der Waals surface area contributed by atoms with Crippen LogP contribution in [0.5, 0.6) is 0 Å². The fourth-order valence-corrected chi connectivity index (χ4v) is 3.38. The number of ether oxygens (including phenoxy) is 6. The monoisotopic (exact) mass is 366 g/mol. The van der Waals surface area contributed by atoms with E-state index in [1.165, 1.54) is 0 Å². The molecule has 0 spiro atoms. The van der Waals surface area contributed by atoms with E-state index >= 15 is 0 Å². The molecular weight excluding hydrogens is 336 g/mol. The number of fused-ring (bicyclic) bond motifs is 1. The summed E-state index contributed by atoms with van der Waals surface area (Å²) in [6.07, 6.45) is 8.79. The van der Waals surface area contributed by atoms with Crippen LogP contribution in [-0.2, 0) is 28.4 Å². The van der Waals surface area contributed by atoms with Gasteiger partial charge in [-0.15, -0.1) is 0 Å². The molecule has 26 heavy (non-hydrogen) atoms. The molecule has 0 aliphatic carbocycles. The molecular formula is C20H30O6. The molecule has 4 atom stereocenters. The second-order valence-corrected chi connectivity index (χ2v) is 7.54. The summed E-state index contributed by atoms with van der Waals surface area (Å²) < 4.78 is 35.4. The van der Waals surface area contributed by atoms with E-state index in [1.54, 1.807) is 0 Å². The SMILES string of the molecule is C/C=C/C=C\COC/C=C1\[C@H]2OC(C)(C)O[C@H]2O[C@@H]1[C@H]1COC(C)(C)O1. The lowest BCUT2D eigenvalue weighted by Crippen LogP contribution is -2.35. The minimum atomic E-state index is -0.665. The van der Waals surface area contributed by atoms with Crippen molar-refractivity contribution >= 4 is 0 Å². The fraction of sp³-hybridized carbons (Fsp3) is 0.700. The summed E-state index contributed by atoms with van der Waals surface area (Å²) in [5, 5.41) is 0. The van der Waals surface area contributed by atoms with Crippen molar-refractivity contribution in [1.29, 1.82) is 0 Å². The molecule has 146 valence electrons. The van der Waals surface area contributed by atoms with E-state index in [9.17, 15) is 0 Å². The van der Waals surface area contributed by atoms with Crippen molar-refractivity contribution in [2.45, 2.75) is 70.8 Å². The Morgan fingerprint density at radius 3 is 2.50 bits per heavy atom. The van der Waals surface area contributed by atoms with Crippen LogP contribution in [0.1, 0.15) is 34.6 Å². The van der Waals surface area contributed by atoms with Crippen molar-refractivity contribution in [3.63, 3.8) is 0 Å². The van der Waals surface area contributed by atoms with E-state index in [4.69, 9.17) is 28.4 Å². The van der Waals surface area contributed by atoms with Crippen LogP contribution >= 0.6 is 0 Å². The van der Waals surface area contributed by atoms with E-state index < -0.39 is 17.9 Å². The molecule has 0 radical (unpaired) electrons. The van der Waals surface area contributed by atoms with Gasteiger partial charge in [0.2, 0.25) is 0 Å². The van der Waals surface area contributed by atoms with Crippen molar-refractivity contribution in [3.05, 3.63) is 36.0 Å². The number of allylic oxidation sites excluding steroid dienone is 3. The normalized spacial score (nSPS) is 37.3. The Labute approximate surface area is 155 Å². The minimum absolute atomic E-state index is 0.188. The zero-order chi connectivity index (χ0) is 18.8. The van der Waals surface area contributed by atoms with Gasteiger partial charge < -0.3 is 28.4 Å². The van der Waals surface area contributed by atoms with Gasteiger partial charge in [-0.05, 0) is 40.2 Å². The Balaban J connectivity index is 1.65. The van der Waals surface area contributed by atoms with Crippen LogP contribution in [0.15, 0.2) is 36.0 Å². The summed E-state index contributed by atoms with van der Waals surface area (Å²) in [6, 6.07) is 0. The van der Waals surface area contributed by atoms with Crippen LogP contribution in [0.4, 0.5) is 0 Å². The van der Waals surface area contributed by atoms with E-state index in [2.05, 4.69) is 0 Å². The summed E-state index contributed by atoms with van der Waals surface area (Å²) in [6.45, 7) is 11.1. The second-order valence-electron chi connectivity index (χ2n) is 7.54. The van der Waals surface area contributed by atoms with Gasteiger partial charge in [-0.3, -0.25) is 0 Å². The largest absolute Gasteiger partial charge is 0.373 e. The Hall–Kier alpha value is -1.02. The second kappa shape index (κ2) is 7.92. The third-order valence-electron chi connectivity index (χ3n) is 4.45. The Morgan fingerprint density at radius 1 is 1.00 bits per heavy atom. The first-order valence-corrected chi connectivity index (χ1v) is 9.20. The van der Waals surface area contributed by atoms with Crippen LogP contribution in [0, 0.1) is 0 Å². The molecule has 0 amide bonds. The maximum Gasteiger partial charge on any atom is 0.191 e. The van der Waals surface area contributed by atoms with Gasteiger partial charge in [-0.1, -0.05) is 30.4 Å². The van der Waals surface area contributed by atoms with Crippen LogP contribution in [0.25, 0.3) is 0 Å². The lowest BCUT2D eigenvalue weighted by atomic mass is 10.0. The molecule has 3 fully saturated rings.